The fourth-order valence-electron chi connectivity index (χ4n) is 3.52. The Balaban J connectivity index is 1.97. The Morgan fingerprint density at radius 3 is 2.62 bits per heavy atom. The zero-order valence-electron chi connectivity index (χ0n) is 13.5. The number of hydrogen-bond acceptors (Lipinski definition) is 4. The lowest BCUT2D eigenvalue weighted by Crippen LogP contribution is -2.53. The Bertz CT molecular complexity index is 344. The summed E-state index contributed by atoms with van der Waals surface area (Å²) in [6, 6.07) is 0. The van der Waals surface area contributed by atoms with Crippen molar-refractivity contribution in [2.24, 2.45) is 11.8 Å². The maximum absolute atomic E-state index is 12.8. The standard InChI is InChI=1S/C16H29NO4/c1-12(2)14-13(5-4-10-21-14)15(19)17-8-6-16(11-18,20-3)7-9-17/h12-14,18H,4-11H2,1-3H3. The van der Waals surface area contributed by atoms with Gasteiger partial charge in [-0.3, -0.25) is 4.79 Å². The minimum atomic E-state index is -0.461. The summed E-state index contributed by atoms with van der Waals surface area (Å²) in [5, 5.41) is 9.48. The molecule has 0 bridgehead atoms. The van der Waals surface area contributed by atoms with Crippen LogP contribution < -0.4 is 0 Å². The predicted molar refractivity (Wildman–Crippen MR) is 79.9 cm³/mol. The summed E-state index contributed by atoms with van der Waals surface area (Å²) in [5.41, 5.74) is -0.461. The van der Waals surface area contributed by atoms with Gasteiger partial charge in [0.1, 0.15) is 0 Å². The number of carbonyl (C=O) groups excluding carboxylic acids is 1. The average Bonchev–Trinajstić information content (AvgIpc) is 2.54. The third kappa shape index (κ3) is 3.58. The van der Waals surface area contributed by atoms with E-state index in [1.807, 2.05) is 4.90 Å². The number of aliphatic hydroxyl groups excluding tert-OH is 1. The van der Waals surface area contributed by atoms with Gasteiger partial charge in [-0.05, 0) is 31.6 Å². The molecule has 2 heterocycles. The molecule has 2 aliphatic heterocycles. The molecular weight excluding hydrogens is 270 g/mol. The van der Waals surface area contributed by atoms with E-state index < -0.39 is 5.60 Å². The van der Waals surface area contributed by atoms with Crippen LogP contribution in [-0.4, -0.2) is 61.0 Å². The van der Waals surface area contributed by atoms with Crippen LogP contribution in [0.3, 0.4) is 0 Å². The van der Waals surface area contributed by atoms with Gasteiger partial charge in [-0.2, -0.15) is 0 Å². The van der Waals surface area contributed by atoms with Gasteiger partial charge >= 0.3 is 0 Å². The van der Waals surface area contributed by atoms with Crippen molar-refractivity contribution in [3.05, 3.63) is 0 Å². The van der Waals surface area contributed by atoms with Crippen LogP contribution in [0.25, 0.3) is 0 Å². The fourth-order valence-corrected chi connectivity index (χ4v) is 3.52. The number of ether oxygens (including phenoxy) is 2. The van der Waals surface area contributed by atoms with Crippen LogP contribution in [0, 0.1) is 11.8 Å². The van der Waals surface area contributed by atoms with Gasteiger partial charge in [0.25, 0.3) is 0 Å². The molecule has 0 aliphatic carbocycles. The zero-order valence-corrected chi connectivity index (χ0v) is 13.5. The Morgan fingerprint density at radius 1 is 1.43 bits per heavy atom. The van der Waals surface area contributed by atoms with Gasteiger partial charge in [0, 0.05) is 26.8 Å². The van der Waals surface area contributed by atoms with E-state index >= 15 is 0 Å². The summed E-state index contributed by atoms with van der Waals surface area (Å²) in [7, 11) is 1.64. The molecule has 2 fully saturated rings. The van der Waals surface area contributed by atoms with Crippen LogP contribution in [0.1, 0.15) is 39.5 Å². The number of likely N-dealkylation sites (tertiary alicyclic amines) is 1. The third-order valence-electron chi connectivity index (χ3n) is 5.05. The number of amides is 1. The molecule has 1 N–H and O–H groups in total. The second-order valence-electron chi connectivity index (χ2n) is 6.70. The largest absolute Gasteiger partial charge is 0.393 e. The van der Waals surface area contributed by atoms with Crippen molar-refractivity contribution in [1.29, 1.82) is 0 Å². The third-order valence-corrected chi connectivity index (χ3v) is 5.05. The highest BCUT2D eigenvalue weighted by atomic mass is 16.5. The number of hydrogen-bond donors (Lipinski definition) is 1. The topological polar surface area (TPSA) is 59.0 Å². The Kier molecular flexibility index (Phi) is 5.63. The van der Waals surface area contributed by atoms with Crippen molar-refractivity contribution in [3.8, 4) is 0 Å². The summed E-state index contributed by atoms with van der Waals surface area (Å²) in [6.45, 7) is 6.35. The summed E-state index contributed by atoms with van der Waals surface area (Å²) in [6.07, 6.45) is 3.33. The Labute approximate surface area is 127 Å². The van der Waals surface area contributed by atoms with Gasteiger partial charge in [0.2, 0.25) is 5.91 Å². The molecule has 2 unspecified atom stereocenters. The number of aliphatic hydroxyl groups is 1. The molecule has 0 saturated carbocycles. The number of carbonyl (C=O) groups is 1. The predicted octanol–water partition coefficient (Wildman–Crippen LogP) is 1.44. The molecule has 1 amide bonds. The van der Waals surface area contributed by atoms with Gasteiger partial charge in [-0.25, -0.2) is 0 Å². The fraction of sp³-hybridized carbons (Fsp3) is 0.938. The van der Waals surface area contributed by atoms with Gasteiger partial charge in [-0.15, -0.1) is 0 Å². The minimum Gasteiger partial charge on any atom is -0.393 e. The van der Waals surface area contributed by atoms with Crippen molar-refractivity contribution < 1.29 is 19.4 Å². The molecule has 2 atom stereocenters. The quantitative estimate of drug-likeness (QED) is 0.853. The normalized spacial score (nSPS) is 29.7. The monoisotopic (exact) mass is 299 g/mol. The zero-order chi connectivity index (χ0) is 15.5. The number of piperidine rings is 1. The van der Waals surface area contributed by atoms with E-state index in [-0.39, 0.29) is 24.5 Å². The van der Waals surface area contributed by atoms with E-state index in [1.54, 1.807) is 7.11 Å². The molecule has 5 heteroatoms. The summed E-state index contributed by atoms with van der Waals surface area (Å²) >= 11 is 0. The first-order chi connectivity index (χ1) is 10.0. The van der Waals surface area contributed by atoms with Gasteiger partial charge in [0.05, 0.1) is 24.2 Å². The van der Waals surface area contributed by atoms with Crippen LogP contribution in [0.4, 0.5) is 0 Å². The molecule has 122 valence electrons. The molecule has 5 nitrogen and oxygen atoms in total. The van der Waals surface area contributed by atoms with Crippen molar-refractivity contribution in [2.75, 3.05) is 33.4 Å². The summed E-state index contributed by atoms with van der Waals surface area (Å²) in [4.78, 5) is 14.7. The minimum absolute atomic E-state index is 0.0112. The van der Waals surface area contributed by atoms with E-state index in [1.165, 1.54) is 0 Å². The average molecular weight is 299 g/mol. The maximum atomic E-state index is 12.8. The molecule has 2 aliphatic rings. The van der Waals surface area contributed by atoms with Crippen LogP contribution >= 0.6 is 0 Å². The van der Waals surface area contributed by atoms with E-state index in [0.29, 0.717) is 31.8 Å². The first-order valence-electron chi connectivity index (χ1n) is 8.09. The van der Waals surface area contributed by atoms with E-state index in [2.05, 4.69) is 13.8 Å². The molecule has 0 aromatic rings. The molecule has 2 saturated heterocycles. The van der Waals surface area contributed by atoms with Gasteiger partial charge in [-0.1, -0.05) is 13.8 Å². The van der Waals surface area contributed by atoms with E-state index in [9.17, 15) is 9.90 Å². The SMILES string of the molecule is COC1(CO)CCN(C(=O)C2CCCOC2C(C)C)CC1. The number of nitrogens with zero attached hydrogens (tertiary/aromatic N) is 1. The summed E-state index contributed by atoms with van der Waals surface area (Å²) < 4.78 is 11.3. The summed E-state index contributed by atoms with van der Waals surface area (Å²) in [5.74, 6) is 0.568. The molecule has 21 heavy (non-hydrogen) atoms. The highest BCUT2D eigenvalue weighted by molar-refractivity contribution is 5.79. The molecular formula is C16H29NO4. The second-order valence-corrected chi connectivity index (χ2v) is 6.70. The first kappa shape index (κ1) is 16.7. The highest BCUT2D eigenvalue weighted by Gasteiger charge is 2.40. The van der Waals surface area contributed by atoms with Crippen molar-refractivity contribution in [2.45, 2.75) is 51.2 Å². The van der Waals surface area contributed by atoms with Crippen molar-refractivity contribution >= 4 is 5.91 Å². The van der Waals surface area contributed by atoms with Crippen LogP contribution in [-0.2, 0) is 14.3 Å². The Morgan fingerprint density at radius 2 is 2.10 bits per heavy atom. The van der Waals surface area contributed by atoms with E-state index in [4.69, 9.17) is 9.47 Å². The molecule has 0 spiro atoms. The molecule has 0 aromatic heterocycles. The lowest BCUT2D eigenvalue weighted by Gasteiger charge is -2.42. The van der Waals surface area contributed by atoms with Gasteiger partial charge in [0.15, 0.2) is 0 Å². The molecule has 0 aromatic carbocycles. The lowest BCUT2D eigenvalue weighted by molar-refractivity contribution is -0.154. The Hall–Kier alpha value is -0.650. The van der Waals surface area contributed by atoms with Crippen LogP contribution in [0.5, 0.6) is 0 Å². The molecule has 2 rings (SSSR count). The first-order valence-corrected chi connectivity index (χ1v) is 8.09. The smallest absolute Gasteiger partial charge is 0.228 e. The highest BCUT2D eigenvalue weighted by Crippen LogP contribution is 2.31. The van der Waals surface area contributed by atoms with Crippen molar-refractivity contribution in [3.63, 3.8) is 0 Å². The van der Waals surface area contributed by atoms with Crippen LogP contribution in [0.15, 0.2) is 0 Å². The maximum Gasteiger partial charge on any atom is 0.228 e. The van der Waals surface area contributed by atoms with E-state index in [0.717, 1.165) is 19.4 Å². The number of methoxy groups -OCH3 is 1. The van der Waals surface area contributed by atoms with Gasteiger partial charge < -0.3 is 19.5 Å². The molecule has 0 radical (unpaired) electrons. The number of rotatable bonds is 4. The second kappa shape index (κ2) is 7.07. The lowest BCUT2D eigenvalue weighted by atomic mass is 9.85. The van der Waals surface area contributed by atoms with Crippen molar-refractivity contribution in [1.82, 2.24) is 4.90 Å². The van der Waals surface area contributed by atoms with Crippen LogP contribution in [0.2, 0.25) is 0 Å².